The van der Waals surface area contributed by atoms with Gasteiger partial charge in [-0.15, -0.1) is 0 Å². The van der Waals surface area contributed by atoms with E-state index in [-0.39, 0.29) is 18.1 Å². The minimum Gasteiger partial charge on any atom is -0.426 e. The second-order valence-corrected chi connectivity index (χ2v) is 7.43. The van der Waals surface area contributed by atoms with E-state index in [9.17, 15) is 24.0 Å². The zero-order valence-corrected chi connectivity index (χ0v) is 15.8. The number of nitrogens with one attached hydrogen (secondary N) is 1. The minimum absolute atomic E-state index is 0.0180. The average Bonchev–Trinajstić information content (AvgIpc) is 2.54. The SMILES string of the molecule is CC(C)C[C@@H](NC(=O)[C@H](C)CC(=O)[C@@H]1CCN1c1ncc(F)cn1)B(O)O. The van der Waals surface area contributed by atoms with E-state index in [2.05, 4.69) is 15.3 Å². The first kappa shape index (κ1) is 21.2. The number of halogens is 1. The Morgan fingerprint density at radius 1 is 1.33 bits per heavy atom. The fraction of sp³-hybridized carbons (Fsp3) is 0.647. The molecule has 0 spiro atoms. The van der Waals surface area contributed by atoms with Crippen molar-refractivity contribution in [3.63, 3.8) is 0 Å². The van der Waals surface area contributed by atoms with Crippen LogP contribution >= 0.6 is 0 Å². The van der Waals surface area contributed by atoms with Crippen LogP contribution in [-0.4, -0.2) is 57.4 Å². The van der Waals surface area contributed by atoms with Gasteiger partial charge in [0.25, 0.3) is 0 Å². The predicted octanol–water partition coefficient (Wildman–Crippen LogP) is 0.333. The molecule has 1 aromatic heterocycles. The first-order valence-electron chi connectivity index (χ1n) is 9.12. The molecule has 8 nitrogen and oxygen atoms in total. The number of hydrogen-bond donors (Lipinski definition) is 3. The Morgan fingerprint density at radius 3 is 2.44 bits per heavy atom. The zero-order chi connectivity index (χ0) is 20.1. The van der Waals surface area contributed by atoms with Crippen LogP contribution in [-0.2, 0) is 9.59 Å². The lowest BCUT2D eigenvalue weighted by molar-refractivity contribution is -0.130. The van der Waals surface area contributed by atoms with E-state index in [1.54, 1.807) is 11.8 Å². The number of anilines is 1. The van der Waals surface area contributed by atoms with Gasteiger partial charge in [0.05, 0.1) is 24.4 Å². The molecule has 1 amide bonds. The van der Waals surface area contributed by atoms with Crippen LogP contribution < -0.4 is 10.2 Å². The standard InChI is InChI=1S/C17H26BFN4O4/c1-10(2)6-15(18(26)27)22-16(25)11(3)7-14(24)13-4-5-23(13)17-20-8-12(19)9-21-17/h8-11,13,15,26-27H,4-7H2,1-3H3,(H,22,25)/t11-,13+,15-/m1/s1. The first-order valence-corrected chi connectivity index (χ1v) is 9.12. The summed E-state index contributed by atoms with van der Waals surface area (Å²) in [6.45, 7) is 6.05. The van der Waals surface area contributed by atoms with Gasteiger partial charge < -0.3 is 20.3 Å². The third-order valence-corrected chi connectivity index (χ3v) is 4.62. The largest absolute Gasteiger partial charge is 0.475 e. The second kappa shape index (κ2) is 9.23. The van der Waals surface area contributed by atoms with Crippen LogP contribution in [0.3, 0.4) is 0 Å². The van der Waals surface area contributed by atoms with E-state index in [0.29, 0.717) is 25.3 Å². The summed E-state index contributed by atoms with van der Waals surface area (Å²) in [5.74, 6) is -1.99. The van der Waals surface area contributed by atoms with Gasteiger partial charge in [-0.3, -0.25) is 9.59 Å². The maximum absolute atomic E-state index is 12.9. The molecule has 1 aliphatic heterocycles. The van der Waals surface area contributed by atoms with Crippen molar-refractivity contribution in [2.45, 2.75) is 52.0 Å². The molecule has 148 valence electrons. The Balaban J connectivity index is 1.90. The van der Waals surface area contributed by atoms with Crippen molar-refractivity contribution in [2.75, 3.05) is 11.4 Å². The number of aromatic nitrogens is 2. The first-order chi connectivity index (χ1) is 12.7. The number of carbonyl (C=O) groups excluding carboxylic acids is 2. The van der Waals surface area contributed by atoms with E-state index in [4.69, 9.17) is 0 Å². The topological polar surface area (TPSA) is 116 Å². The molecule has 0 saturated carbocycles. The molecule has 3 atom stereocenters. The van der Waals surface area contributed by atoms with Gasteiger partial charge in [-0.25, -0.2) is 14.4 Å². The molecule has 2 heterocycles. The average molecular weight is 380 g/mol. The second-order valence-electron chi connectivity index (χ2n) is 7.43. The summed E-state index contributed by atoms with van der Waals surface area (Å²) in [7, 11) is -1.66. The van der Waals surface area contributed by atoms with Gasteiger partial charge in [0.2, 0.25) is 11.9 Å². The van der Waals surface area contributed by atoms with Crippen LogP contribution in [0.2, 0.25) is 0 Å². The maximum Gasteiger partial charge on any atom is 0.475 e. The molecule has 0 aromatic carbocycles. The Kier molecular flexibility index (Phi) is 7.26. The zero-order valence-electron chi connectivity index (χ0n) is 15.8. The summed E-state index contributed by atoms with van der Waals surface area (Å²) in [4.78, 5) is 34.3. The lowest BCUT2D eigenvalue weighted by atomic mass is 9.74. The van der Waals surface area contributed by atoms with Crippen molar-refractivity contribution in [1.82, 2.24) is 15.3 Å². The Morgan fingerprint density at radius 2 is 1.96 bits per heavy atom. The van der Waals surface area contributed by atoms with E-state index >= 15 is 0 Å². The van der Waals surface area contributed by atoms with Crippen molar-refractivity contribution in [3.8, 4) is 0 Å². The highest BCUT2D eigenvalue weighted by Gasteiger charge is 2.37. The molecule has 1 saturated heterocycles. The van der Waals surface area contributed by atoms with E-state index < -0.39 is 36.7 Å². The van der Waals surface area contributed by atoms with Crippen molar-refractivity contribution >= 4 is 24.8 Å². The maximum atomic E-state index is 12.9. The van der Waals surface area contributed by atoms with Crippen molar-refractivity contribution < 1.29 is 24.0 Å². The number of hydrogen-bond acceptors (Lipinski definition) is 7. The summed E-state index contributed by atoms with van der Waals surface area (Å²) < 4.78 is 12.9. The Hall–Kier alpha value is -2.07. The number of amides is 1. The molecule has 1 aromatic rings. The highest BCUT2D eigenvalue weighted by molar-refractivity contribution is 6.43. The number of carbonyl (C=O) groups is 2. The number of ketones is 1. The molecular formula is C17H26BFN4O4. The van der Waals surface area contributed by atoms with Crippen LogP contribution in [0, 0.1) is 17.7 Å². The smallest absolute Gasteiger partial charge is 0.426 e. The molecule has 1 fully saturated rings. The molecule has 3 N–H and O–H groups in total. The highest BCUT2D eigenvalue weighted by atomic mass is 19.1. The molecular weight excluding hydrogens is 354 g/mol. The minimum atomic E-state index is -1.66. The van der Waals surface area contributed by atoms with Crippen molar-refractivity contribution in [1.29, 1.82) is 0 Å². The molecule has 10 heteroatoms. The van der Waals surface area contributed by atoms with E-state index in [0.717, 1.165) is 12.4 Å². The van der Waals surface area contributed by atoms with Gasteiger partial charge in [0.15, 0.2) is 11.6 Å². The third kappa shape index (κ3) is 5.70. The number of rotatable bonds is 9. The van der Waals surface area contributed by atoms with Crippen LogP contribution in [0.15, 0.2) is 12.4 Å². The molecule has 0 aliphatic carbocycles. The summed E-state index contributed by atoms with van der Waals surface area (Å²) in [5, 5.41) is 21.4. The van der Waals surface area contributed by atoms with Gasteiger partial charge in [0.1, 0.15) is 0 Å². The number of Topliss-reactive ketones (excluding diaryl/α,β-unsaturated/α-hetero) is 1. The number of nitrogens with zero attached hydrogens (tertiary/aromatic N) is 3. The fourth-order valence-electron chi connectivity index (χ4n) is 3.03. The molecule has 0 radical (unpaired) electrons. The molecule has 1 aliphatic rings. The van der Waals surface area contributed by atoms with E-state index in [1.807, 2.05) is 13.8 Å². The molecule has 0 bridgehead atoms. The van der Waals surface area contributed by atoms with Gasteiger partial charge >= 0.3 is 7.12 Å². The van der Waals surface area contributed by atoms with Crippen molar-refractivity contribution in [2.24, 2.45) is 11.8 Å². The summed E-state index contributed by atoms with van der Waals surface area (Å²) in [5.41, 5.74) is 0. The molecule has 27 heavy (non-hydrogen) atoms. The molecule has 2 rings (SSSR count). The summed E-state index contributed by atoms with van der Waals surface area (Å²) >= 11 is 0. The lowest BCUT2D eigenvalue weighted by Gasteiger charge is -2.40. The van der Waals surface area contributed by atoms with E-state index in [1.165, 1.54) is 0 Å². The lowest BCUT2D eigenvalue weighted by Crippen LogP contribution is -2.54. The molecule has 0 unspecified atom stereocenters. The van der Waals surface area contributed by atoms with Gasteiger partial charge in [0, 0.05) is 18.9 Å². The normalized spacial score (nSPS) is 18.6. The van der Waals surface area contributed by atoms with Crippen LogP contribution in [0.25, 0.3) is 0 Å². The van der Waals surface area contributed by atoms with Gasteiger partial charge in [-0.05, 0) is 18.8 Å². The fourth-order valence-corrected chi connectivity index (χ4v) is 3.03. The monoisotopic (exact) mass is 380 g/mol. The Labute approximate surface area is 158 Å². The van der Waals surface area contributed by atoms with Crippen molar-refractivity contribution in [3.05, 3.63) is 18.2 Å². The van der Waals surface area contributed by atoms with Crippen LogP contribution in [0.4, 0.5) is 10.3 Å². The van der Waals surface area contributed by atoms with Gasteiger partial charge in [-0.1, -0.05) is 20.8 Å². The quantitative estimate of drug-likeness (QED) is 0.529. The summed E-state index contributed by atoms with van der Waals surface area (Å²) in [6, 6.07) is -0.430. The van der Waals surface area contributed by atoms with Crippen LogP contribution in [0.5, 0.6) is 0 Å². The summed E-state index contributed by atoms with van der Waals surface area (Å²) in [6.07, 6.45) is 3.16. The highest BCUT2D eigenvalue weighted by Crippen LogP contribution is 2.25. The Bertz CT molecular complexity index is 659. The third-order valence-electron chi connectivity index (χ3n) is 4.62. The predicted molar refractivity (Wildman–Crippen MR) is 98.1 cm³/mol. The van der Waals surface area contributed by atoms with Gasteiger partial charge in [-0.2, -0.15) is 0 Å². The van der Waals surface area contributed by atoms with Crippen LogP contribution in [0.1, 0.15) is 40.0 Å².